The molecule has 0 aliphatic carbocycles. The number of thiophene rings is 1. The molecule has 2 aromatic carbocycles. The highest BCUT2D eigenvalue weighted by Gasteiger charge is 2.22. The molecule has 1 aromatic heterocycles. The Hall–Kier alpha value is -1.26. The molecule has 0 saturated carbocycles. The number of benzene rings is 2. The van der Waals surface area contributed by atoms with E-state index in [0.29, 0.717) is 12.6 Å². The van der Waals surface area contributed by atoms with Crippen LogP contribution < -0.4 is 4.74 Å². The van der Waals surface area contributed by atoms with Crippen LogP contribution in [0.15, 0.2) is 42.5 Å². The fourth-order valence-electron chi connectivity index (χ4n) is 3.74. The second kappa shape index (κ2) is 8.40. The SMILES string of the molecule is CC1CCCCN1Cc1c(COc2ccc(Cl)cc2)sc2ccc(Cl)cc12. The first-order valence-electron chi connectivity index (χ1n) is 9.42. The maximum Gasteiger partial charge on any atom is 0.123 e. The Balaban J connectivity index is 1.62. The molecule has 2 heterocycles. The van der Waals surface area contributed by atoms with Crippen molar-refractivity contribution in [2.75, 3.05) is 6.54 Å². The first-order valence-corrected chi connectivity index (χ1v) is 11.0. The number of hydrogen-bond donors (Lipinski definition) is 0. The maximum absolute atomic E-state index is 6.31. The molecule has 4 rings (SSSR count). The highest BCUT2D eigenvalue weighted by molar-refractivity contribution is 7.19. The van der Waals surface area contributed by atoms with Gasteiger partial charge < -0.3 is 4.74 Å². The summed E-state index contributed by atoms with van der Waals surface area (Å²) < 4.78 is 7.34. The quantitative estimate of drug-likeness (QED) is 0.434. The lowest BCUT2D eigenvalue weighted by Crippen LogP contribution is -2.36. The van der Waals surface area contributed by atoms with Crippen LogP contribution in [0.5, 0.6) is 5.75 Å². The number of hydrogen-bond acceptors (Lipinski definition) is 3. The lowest BCUT2D eigenvalue weighted by Gasteiger charge is -2.33. The van der Waals surface area contributed by atoms with E-state index in [-0.39, 0.29) is 0 Å². The Labute approximate surface area is 174 Å². The minimum Gasteiger partial charge on any atom is -0.488 e. The summed E-state index contributed by atoms with van der Waals surface area (Å²) in [5.74, 6) is 0.840. The van der Waals surface area contributed by atoms with E-state index in [0.717, 1.165) is 28.9 Å². The summed E-state index contributed by atoms with van der Waals surface area (Å²) in [5, 5.41) is 2.78. The second-order valence-electron chi connectivity index (χ2n) is 7.20. The number of nitrogens with zero attached hydrogens (tertiary/aromatic N) is 1. The largest absolute Gasteiger partial charge is 0.488 e. The van der Waals surface area contributed by atoms with Crippen molar-refractivity contribution in [2.45, 2.75) is 45.4 Å². The van der Waals surface area contributed by atoms with E-state index >= 15 is 0 Å². The van der Waals surface area contributed by atoms with Gasteiger partial charge in [-0.1, -0.05) is 29.6 Å². The van der Waals surface area contributed by atoms with Gasteiger partial charge in [0.2, 0.25) is 0 Å². The zero-order valence-corrected chi connectivity index (χ0v) is 17.7. The van der Waals surface area contributed by atoms with Crippen LogP contribution in [0.1, 0.15) is 36.6 Å². The zero-order valence-electron chi connectivity index (χ0n) is 15.4. The highest BCUT2D eigenvalue weighted by atomic mass is 35.5. The second-order valence-corrected chi connectivity index (χ2v) is 9.21. The molecule has 1 unspecified atom stereocenters. The molecule has 2 nitrogen and oxygen atoms in total. The van der Waals surface area contributed by atoms with Crippen molar-refractivity contribution >= 4 is 44.6 Å². The third-order valence-electron chi connectivity index (χ3n) is 5.32. The zero-order chi connectivity index (χ0) is 18.8. The van der Waals surface area contributed by atoms with Crippen LogP contribution in [-0.2, 0) is 13.2 Å². The summed E-state index contributed by atoms with van der Waals surface area (Å²) in [7, 11) is 0. The molecule has 3 aromatic rings. The molecular formula is C22H23Cl2NOS. The Kier molecular flexibility index (Phi) is 5.93. The van der Waals surface area contributed by atoms with Gasteiger partial charge in [-0.25, -0.2) is 0 Å². The maximum atomic E-state index is 6.31. The van der Waals surface area contributed by atoms with Gasteiger partial charge >= 0.3 is 0 Å². The predicted octanol–water partition coefficient (Wildman–Crippen LogP) is 7.16. The number of rotatable bonds is 5. The van der Waals surface area contributed by atoms with Crippen LogP contribution >= 0.6 is 34.5 Å². The molecule has 1 atom stereocenters. The van der Waals surface area contributed by atoms with Crippen molar-refractivity contribution in [3.05, 3.63) is 63.0 Å². The predicted molar refractivity (Wildman–Crippen MR) is 116 cm³/mol. The van der Waals surface area contributed by atoms with Gasteiger partial charge in [0.1, 0.15) is 12.4 Å². The summed E-state index contributed by atoms with van der Waals surface area (Å²) in [5.41, 5.74) is 1.36. The molecule has 1 aliphatic rings. The molecule has 27 heavy (non-hydrogen) atoms. The van der Waals surface area contributed by atoms with Gasteiger partial charge in [-0.15, -0.1) is 11.3 Å². The lowest BCUT2D eigenvalue weighted by molar-refractivity contribution is 0.152. The summed E-state index contributed by atoms with van der Waals surface area (Å²) >= 11 is 14.1. The Morgan fingerprint density at radius 2 is 1.85 bits per heavy atom. The van der Waals surface area contributed by atoms with E-state index in [9.17, 15) is 0 Å². The Morgan fingerprint density at radius 1 is 1.07 bits per heavy atom. The van der Waals surface area contributed by atoms with Gasteiger partial charge in [-0.2, -0.15) is 0 Å². The van der Waals surface area contributed by atoms with Crippen molar-refractivity contribution in [1.82, 2.24) is 4.90 Å². The highest BCUT2D eigenvalue weighted by Crippen LogP contribution is 2.36. The van der Waals surface area contributed by atoms with Crippen molar-refractivity contribution < 1.29 is 4.74 Å². The molecule has 0 N–H and O–H groups in total. The van der Waals surface area contributed by atoms with Crippen LogP contribution in [0.3, 0.4) is 0 Å². The van der Waals surface area contributed by atoms with Gasteiger partial charge in [-0.05, 0) is 79.7 Å². The molecular weight excluding hydrogens is 397 g/mol. The third kappa shape index (κ3) is 4.43. The molecule has 142 valence electrons. The molecule has 1 fully saturated rings. The van der Waals surface area contributed by atoms with Gasteiger partial charge in [-0.3, -0.25) is 4.90 Å². The van der Waals surface area contributed by atoms with Gasteiger partial charge in [0.05, 0.1) is 0 Å². The summed E-state index contributed by atoms with van der Waals surface area (Å²) in [6, 6.07) is 14.4. The number of ether oxygens (including phenoxy) is 1. The number of halogens is 2. The fourth-order valence-corrected chi connectivity index (χ4v) is 5.14. The molecule has 0 spiro atoms. The molecule has 1 saturated heterocycles. The van der Waals surface area contributed by atoms with E-state index in [1.807, 2.05) is 41.7 Å². The topological polar surface area (TPSA) is 12.5 Å². The van der Waals surface area contributed by atoms with Gasteiger partial charge in [0.15, 0.2) is 0 Å². The third-order valence-corrected chi connectivity index (χ3v) is 7.00. The average molecular weight is 420 g/mol. The van der Waals surface area contributed by atoms with Gasteiger partial charge in [0.25, 0.3) is 0 Å². The number of likely N-dealkylation sites (tertiary alicyclic amines) is 1. The first kappa shape index (κ1) is 19.1. The van der Waals surface area contributed by atoms with Gasteiger partial charge in [0, 0.05) is 32.2 Å². The van der Waals surface area contributed by atoms with Crippen LogP contribution in [0.2, 0.25) is 10.0 Å². The molecule has 5 heteroatoms. The van der Waals surface area contributed by atoms with E-state index in [1.165, 1.54) is 39.8 Å². The standard InChI is InChI=1S/C22H23Cl2NOS/c1-15-4-2-3-11-25(15)13-20-19-12-17(24)7-10-21(19)27-22(20)14-26-18-8-5-16(23)6-9-18/h5-10,12,15H,2-4,11,13-14H2,1H3. The molecule has 1 aliphatic heterocycles. The van der Waals surface area contributed by atoms with Crippen molar-refractivity contribution in [3.8, 4) is 5.75 Å². The molecule has 0 radical (unpaired) electrons. The normalized spacial score (nSPS) is 18.1. The van der Waals surface area contributed by atoms with Crippen LogP contribution in [0.4, 0.5) is 0 Å². The van der Waals surface area contributed by atoms with Crippen LogP contribution in [0.25, 0.3) is 10.1 Å². The average Bonchev–Trinajstić information content (AvgIpc) is 3.00. The first-order chi connectivity index (χ1) is 13.1. The van der Waals surface area contributed by atoms with E-state index in [2.05, 4.69) is 24.0 Å². The van der Waals surface area contributed by atoms with Crippen LogP contribution in [0, 0.1) is 0 Å². The summed E-state index contributed by atoms with van der Waals surface area (Å²) in [6.45, 7) is 5.03. The minimum atomic E-state index is 0.566. The summed E-state index contributed by atoms with van der Waals surface area (Å²) in [6.07, 6.45) is 3.89. The molecule has 0 amide bonds. The summed E-state index contributed by atoms with van der Waals surface area (Å²) in [4.78, 5) is 3.87. The smallest absolute Gasteiger partial charge is 0.123 e. The fraction of sp³-hybridized carbons (Fsp3) is 0.364. The lowest BCUT2D eigenvalue weighted by atomic mass is 10.0. The van der Waals surface area contributed by atoms with E-state index in [1.54, 1.807) is 0 Å². The Bertz CT molecular complexity index is 922. The Morgan fingerprint density at radius 3 is 2.63 bits per heavy atom. The monoisotopic (exact) mass is 419 g/mol. The number of piperidine rings is 1. The van der Waals surface area contributed by atoms with Crippen molar-refractivity contribution in [3.63, 3.8) is 0 Å². The number of fused-ring (bicyclic) bond motifs is 1. The van der Waals surface area contributed by atoms with E-state index < -0.39 is 0 Å². The van der Waals surface area contributed by atoms with Crippen molar-refractivity contribution in [2.24, 2.45) is 0 Å². The van der Waals surface area contributed by atoms with E-state index in [4.69, 9.17) is 27.9 Å². The molecule has 0 bridgehead atoms. The van der Waals surface area contributed by atoms with Crippen LogP contribution in [-0.4, -0.2) is 17.5 Å². The van der Waals surface area contributed by atoms with Crippen molar-refractivity contribution in [1.29, 1.82) is 0 Å². The minimum absolute atomic E-state index is 0.566.